The van der Waals surface area contributed by atoms with Crippen molar-refractivity contribution < 1.29 is 9.53 Å². The Morgan fingerprint density at radius 1 is 1.42 bits per heavy atom. The van der Waals surface area contributed by atoms with E-state index in [0.717, 1.165) is 11.3 Å². The third-order valence-electron chi connectivity index (χ3n) is 2.82. The summed E-state index contributed by atoms with van der Waals surface area (Å²) >= 11 is 0. The maximum atomic E-state index is 12.0. The van der Waals surface area contributed by atoms with Gasteiger partial charge in [-0.3, -0.25) is 4.79 Å². The summed E-state index contributed by atoms with van der Waals surface area (Å²) in [5.41, 5.74) is 1.08. The molecule has 1 amide bonds. The van der Waals surface area contributed by atoms with Crippen LogP contribution in [0.3, 0.4) is 0 Å². The predicted molar refractivity (Wildman–Crippen MR) is 77.2 cm³/mol. The van der Waals surface area contributed by atoms with Crippen LogP contribution in [-0.4, -0.2) is 38.1 Å². The smallest absolute Gasteiger partial charge is 0.224 e. The van der Waals surface area contributed by atoms with Crippen molar-refractivity contribution >= 4 is 5.91 Å². The number of carbonyl (C=O) groups is 1. The first-order chi connectivity index (χ1) is 9.21. The van der Waals surface area contributed by atoms with Gasteiger partial charge in [0.25, 0.3) is 0 Å². The number of hydrogen-bond acceptors (Lipinski definition) is 3. The van der Waals surface area contributed by atoms with Gasteiger partial charge in [0.05, 0.1) is 7.11 Å². The number of methoxy groups -OCH3 is 1. The SMILES string of the molecule is C=CCN(Cc1ccc(OC)cc1)C(=O)CCNC. The second-order valence-corrected chi connectivity index (χ2v) is 4.26. The Labute approximate surface area is 115 Å². The Balaban J connectivity index is 2.65. The quantitative estimate of drug-likeness (QED) is 0.727. The van der Waals surface area contributed by atoms with Gasteiger partial charge in [0.15, 0.2) is 0 Å². The molecule has 0 aliphatic rings. The van der Waals surface area contributed by atoms with Crippen LogP contribution in [0, 0.1) is 0 Å². The fourth-order valence-corrected chi connectivity index (χ4v) is 1.75. The van der Waals surface area contributed by atoms with Crippen LogP contribution in [-0.2, 0) is 11.3 Å². The molecule has 0 saturated heterocycles. The number of hydrogen-bond donors (Lipinski definition) is 1. The molecular formula is C15H22N2O2. The Morgan fingerprint density at radius 3 is 2.63 bits per heavy atom. The maximum Gasteiger partial charge on any atom is 0.224 e. The highest BCUT2D eigenvalue weighted by atomic mass is 16.5. The average molecular weight is 262 g/mol. The van der Waals surface area contributed by atoms with Crippen molar-refractivity contribution in [2.24, 2.45) is 0 Å². The van der Waals surface area contributed by atoms with E-state index in [-0.39, 0.29) is 5.91 Å². The van der Waals surface area contributed by atoms with Gasteiger partial charge in [-0.15, -0.1) is 6.58 Å². The largest absolute Gasteiger partial charge is 0.497 e. The summed E-state index contributed by atoms with van der Waals surface area (Å²) in [7, 11) is 3.48. The molecule has 1 N–H and O–H groups in total. The van der Waals surface area contributed by atoms with Gasteiger partial charge in [0, 0.05) is 26.1 Å². The van der Waals surface area contributed by atoms with Crippen LogP contribution < -0.4 is 10.1 Å². The fourth-order valence-electron chi connectivity index (χ4n) is 1.75. The molecule has 0 aliphatic carbocycles. The highest BCUT2D eigenvalue weighted by Gasteiger charge is 2.11. The average Bonchev–Trinajstić information content (AvgIpc) is 2.45. The van der Waals surface area contributed by atoms with Gasteiger partial charge in [0.1, 0.15) is 5.75 Å². The van der Waals surface area contributed by atoms with Crippen LogP contribution in [0.5, 0.6) is 5.75 Å². The number of ether oxygens (including phenoxy) is 1. The molecule has 0 saturated carbocycles. The summed E-state index contributed by atoms with van der Waals surface area (Å²) in [6.07, 6.45) is 2.25. The first-order valence-corrected chi connectivity index (χ1v) is 6.37. The fraction of sp³-hybridized carbons (Fsp3) is 0.400. The molecule has 0 heterocycles. The molecule has 1 aromatic carbocycles. The number of rotatable bonds is 8. The van der Waals surface area contributed by atoms with Gasteiger partial charge in [-0.25, -0.2) is 0 Å². The first kappa shape index (κ1) is 15.2. The van der Waals surface area contributed by atoms with Crippen molar-refractivity contribution in [1.29, 1.82) is 0 Å². The van der Waals surface area contributed by atoms with E-state index in [2.05, 4.69) is 11.9 Å². The lowest BCUT2D eigenvalue weighted by molar-refractivity contribution is -0.131. The molecule has 104 valence electrons. The van der Waals surface area contributed by atoms with E-state index in [9.17, 15) is 4.79 Å². The molecule has 4 heteroatoms. The Hall–Kier alpha value is -1.81. The van der Waals surface area contributed by atoms with Crippen molar-refractivity contribution in [2.45, 2.75) is 13.0 Å². The van der Waals surface area contributed by atoms with Gasteiger partial charge in [0.2, 0.25) is 5.91 Å². The molecule has 0 bridgehead atoms. The lowest BCUT2D eigenvalue weighted by atomic mass is 10.2. The summed E-state index contributed by atoms with van der Waals surface area (Å²) in [4.78, 5) is 13.8. The number of carbonyl (C=O) groups excluding carboxylic acids is 1. The van der Waals surface area contributed by atoms with Crippen molar-refractivity contribution in [3.05, 3.63) is 42.5 Å². The van der Waals surface area contributed by atoms with Gasteiger partial charge >= 0.3 is 0 Å². The topological polar surface area (TPSA) is 41.6 Å². The molecule has 1 aromatic rings. The van der Waals surface area contributed by atoms with Gasteiger partial charge in [-0.2, -0.15) is 0 Å². The minimum absolute atomic E-state index is 0.130. The highest BCUT2D eigenvalue weighted by molar-refractivity contribution is 5.76. The third kappa shape index (κ3) is 5.14. The van der Waals surface area contributed by atoms with E-state index in [1.54, 1.807) is 18.1 Å². The highest BCUT2D eigenvalue weighted by Crippen LogP contribution is 2.13. The molecule has 0 aromatic heterocycles. The molecule has 0 unspecified atom stereocenters. The van der Waals surface area contributed by atoms with Crippen LogP contribution in [0.15, 0.2) is 36.9 Å². The lowest BCUT2D eigenvalue weighted by Crippen LogP contribution is -2.32. The second kappa shape index (κ2) is 8.32. The standard InChI is InChI=1S/C15H22N2O2/c1-4-11-17(15(18)9-10-16-2)12-13-5-7-14(19-3)8-6-13/h4-8,16H,1,9-12H2,2-3H3. The molecule has 0 spiro atoms. The summed E-state index contributed by atoms with van der Waals surface area (Å²) in [6, 6.07) is 7.75. The zero-order valence-electron chi connectivity index (χ0n) is 11.7. The van der Waals surface area contributed by atoms with E-state index in [1.165, 1.54) is 0 Å². The zero-order valence-corrected chi connectivity index (χ0v) is 11.7. The van der Waals surface area contributed by atoms with E-state index >= 15 is 0 Å². The van der Waals surface area contributed by atoms with Crippen molar-refractivity contribution in [3.8, 4) is 5.75 Å². The van der Waals surface area contributed by atoms with E-state index in [1.807, 2.05) is 31.3 Å². The van der Waals surface area contributed by atoms with Crippen LogP contribution in [0.2, 0.25) is 0 Å². The molecule has 0 aliphatic heterocycles. The van der Waals surface area contributed by atoms with Gasteiger partial charge in [-0.05, 0) is 24.7 Å². The van der Waals surface area contributed by atoms with Crippen LogP contribution in [0.25, 0.3) is 0 Å². The summed E-state index contributed by atoms with van der Waals surface area (Å²) in [5.74, 6) is 0.950. The maximum absolute atomic E-state index is 12.0. The number of amides is 1. The van der Waals surface area contributed by atoms with Crippen molar-refractivity contribution in [1.82, 2.24) is 10.2 Å². The van der Waals surface area contributed by atoms with E-state index in [4.69, 9.17) is 4.74 Å². The van der Waals surface area contributed by atoms with E-state index in [0.29, 0.717) is 26.1 Å². The molecule has 1 rings (SSSR count). The van der Waals surface area contributed by atoms with Crippen LogP contribution in [0.1, 0.15) is 12.0 Å². The first-order valence-electron chi connectivity index (χ1n) is 6.37. The lowest BCUT2D eigenvalue weighted by Gasteiger charge is -2.21. The van der Waals surface area contributed by atoms with Gasteiger partial charge < -0.3 is 15.0 Å². The summed E-state index contributed by atoms with van der Waals surface area (Å²) in [5, 5.41) is 2.98. The summed E-state index contributed by atoms with van der Waals surface area (Å²) in [6.45, 7) is 5.55. The van der Waals surface area contributed by atoms with E-state index < -0.39 is 0 Å². The Morgan fingerprint density at radius 2 is 2.11 bits per heavy atom. The Kier molecular flexibility index (Phi) is 6.68. The molecule has 0 radical (unpaired) electrons. The zero-order chi connectivity index (χ0) is 14.1. The second-order valence-electron chi connectivity index (χ2n) is 4.26. The molecule has 0 atom stereocenters. The predicted octanol–water partition coefficient (Wildman–Crippen LogP) is 1.82. The van der Waals surface area contributed by atoms with Gasteiger partial charge in [-0.1, -0.05) is 18.2 Å². The van der Waals surface area contributed by atoms with Crippen LogP contribution in [0.4, 0.5) is 0 Å². The summed E-state index contributed by atoms with van der Waals surface area (Å²) < 4.78 is 5.12. The number of benzene rings is 1. The van der Waals surface area contributed by atoms with Crippen molar-refractivity contribution in [2.75, 3.05) is 27.2 Å². The molecular weight excluding hydrogens is 240 g/mol. The monoisotopic (exact) mass is 262 g/mol. The van der Waals surface area contributed by atoms with Crippen molar-refractivity contribution in [3.63, 3.8) is 0 Å². The molecule has 0 fully saturated rings. The number of nitrogens with one attached hydrogen (secondary N) is 1. The normalized spacial score (nSPS) is 10.0. The number of nitrogens with zero attached hydrogens (tertiary/aromatic N) is 1. The Bertz CT molecular complexity index is 401. The van der Waals surface area contributed by atoms with Crippen LogP contribution >= 0.6 is 0 Å². The molecule has 19 heavy (non-hydrogen) atoms. The minimum Gasteiger partial charge on any atom is -0.497 e. The third-order valence-corrected chi connectivity index (χ3v) is 2.82. The molecule has 4 nitrogen and oxygen atoms in total. The minimum atomic E-state index is 0.130.